The fourth-order valence-electron chi connectivity index (χ4n) is 5.62. The van der Waals surface area contributed by atoms with Crippen LogP contribution in [0.3, 0.4) is 0 Å². The lowest BCUT2D eigenvalue weighted by Crippen LogP contribution is -2.50. The maximum atomic E-state index is 13.5. The Balaban J connectivity index is 1.34. The van der Waals surface area contributed by atoms with Crippen LogP contribution >= 0.6 is 11.6 Å². The molecule has 0 radical (unpaired) electrons. The summed E-state index contributed by atoms with van der Waals surface area (Å²) < 4.78 is 38.4. The van der Waals surface area contributed by atoms with Gasteiger partial charge in [-0.3, -0.25) is 0 Å². The summed E-state index contributed by atoms with van der Waals surface area (Å²) in [5.41, 5.74) is 2.68. The Morgan fingerprint density at radius 1 is 1.21 bits per heavy atom. The van der Waals surface area contributed by atoms with Gasteiger partial charge in [-0.2, -0.15) is 0 Å². The lowest BCUT2D eigenvalue weighted by atomic mass is 9.81. The predicted molar refractivity (Wildman–Crippen MR) is 116 cm³/mol. The van der Waals surface area contributed by atoms with Crippen LogP contribution in [0.25, 0.3) is 0 Å². The zero-order valence-electron chi connectivity index (χ0n) is 17.5. The maximum Gasteiger partial charge on any atom is 0.248 e. The SMILES string of the molecule is CC(C)(Cc1ccc(C2CCC(F)(F)CC2)c(Cl)c1)CN1CCC2(C1)C[S+]([O-])C2. The van der Waals surface area contributed by atoms with Crippen molar-refractivity contribution in [1.29, 1.82) is 0 Å². The number of benzene rings is 1. The van der Waals surface area contributed by atoms with Gasteiger partial charge >= 0.3 is 0 Å². The molecule has 1 saturated carbocycles. The summed E-state index contributed by atoms with van der Waals surface area (Å²) in [5, 5.41) is 0.727. The van der Waals surface area contributed by atoms with Gasteiger partial charge in [0.25, 0.3) is 0 Å². The zero-order valence-corrected chi connectivity index (χ0v) is 19.1. The third-order valence-corrected chi connectivity index (χ3v) is 9.20. The van der Waals surface area contributed by atoms with Crippen molar-refractivity contribution >= 4 is 22.8 Å². The van der Waals surface area contributed by atoms with Crippen LogP contribution in [-0.2, 0) is 17.6 Å². The molecule has 1 aromatic carbocycles. The van der Waals surface area contributed by atoms with Crippen molar-refractivity contribution in [2.45, 2.75) is 64.2 Å². The Morgan fingerprint density at radius 3 is 2.52 bits per heavy atom. The maximum absolute atomic E-state index is 13.5. The summed E-state index contributed by atoms with van der Waals surface area (Å²) in [6.45, 7) is 7.79. The van der Waals surface area contributed by atoms with E-state index in [-0.39, 0.29) is 24.2 Å². The molecule has 29 heavy (non-hydrogen) atoms. The average molecular weight is 444 g/mol. The van der Waals surface area contributed by atoms with Crippen LogP contribution in [0.5, 0.6) is 0 Å². The smallest absolute Gasteiger partial charge is 0.248 e. The molecular weight excluding hydrogens is 412 g/mol. The first-order chi connectivity index (χ1) is 13.5. The number of hydrogen-bond donors (Lipinski definition) is 0. The highest BCUT2D eigenvalue weighted by atomic mass is 35.5. The standard InChI is InChI=1S/C23H32ClF2NOS/c1-21(2,13-27-10-9-22(14-27)15-29(28)16-22)12-17-3-4-19(20(24)11-17)18-5-7-23(25,26)8-6-18/h3-4,11,18H,5-10,12-16H2,1-2H3. The molecule has 0 atom stereocenters. The van der Waals surface area contributed by atoms with Crippen molar-refractivity contribution in [2.75, 3.05) is 31.1 Å². The Kier molecular flexibility index (Phi) is 6.00. The summed E-state index contributed by atoms with van der Waals surface area (Å²) in [5.74, 6) is -0.587. The molecule has 6 heteroatoms. The molecule has 2 aliphatic heterocycles. The van der Waals surface area contributed by atoms with E-state index in [0.29, 0.717) is 18.3 Å². The highest BCUT2D eigenvalue weighted by molar-refractivity contribution is 7.92. The normalized spacial score (nSPS) is 25.4. The number of halogens is 3. The number of nitrogens with zero attached hydrogens (tertiary/aromatic N) is 1. The van der Waals surface area contributed by atoms with E-state index >= 15 is 0 Å². The second-order valence-electron chi connectivity index (χ2n) is 10.5. The van der Waals surface area contributed by atoms with Crippen LogP contribution in [0.1, 0.15) is 63.0 Å². The molecule has 0 bridgehead atoms. The zero-order chi connectivity index (χ0) is 20.9. The van der Waals surface area contributed by atoms with Crippen LogP contribution in [0.4, 0.5) is 8.78 Å². The number of likely N-dealkylation sites (tertiary alicyclic amines) is 1. The minimum absolute atomic E-state index is 0.0340. The Bertz CT molecular complexity index is 740. The summed E-state index contributed by atoms with van der Waals surface area (Å²) in [4.78, 5) is 2.54. The molecule has 0 unspecified atom stereocenters. The van der Waals surface area contributed by atoms with Gasteiger partial charge < -0.3 is 9.45 Å². The highest BCUT2D eigenvalue weighted by Gasteiger charge is 2.52. The first kappa shape index (κ1) is 21.9. The molecule has 0 aromatic heterocycles. The van der Waals surface area contributed by atoms with Gasteiger partial charge in [-0.15, -0.1) is 0 Å². The van der Waals surface area contributed by atoms with Crippen LogP contribution in [0, 0.1) is 10.8 Å². The van der Waals surface area contributed by atoms with Gasteiger partial charge in [-0.05, 0) is 60.8 Å². The summed E-state index contributed by atoms with van der Waals surface area (Å²) in [6, 6.07) is 6.25. The third kappa shape index (κ3) is 5.11. The van der Waals surface area contributed by atoms with Crippen LogP contribution in [0.15, 0.2) is 18.2 Å². The van der Waals surface area contributed by atoms with Crippen molar-refractivity contribution in [2.24, 2.45) is 10.8 Å². The molecule has 1 spiro atoms. The van der Waals surface area contributed by atoms with E-state index in [4.69, 9.17) is 11.6 Å². The van der Waals surface area contributed by atoms with Crippen molar-refractivity contribution in [1.82, 2.24) is 4.90 Å². The molecule has 1 aliphatic carbocycles. The van der Waals surface area contributed by atoms with E-state index in [9.17, 15) is 13.3 Å². The van der Waals surface area contributed by atoms with E-state index < -0.39 is 17.1 Å². The Hall–Kier alpha value is -0.360. The number of alkyl halides is 2. The summed E-state index contributed by atoms with van der Waals surface area (Å²) in [7, 11) is 0. The van der Waals surface area contributed by atoms with E-state index in [2.05, 4.69) is 30.9 Å². The van der Waals surface area contributed by atoms with E-state index in [1.165, 1.54) is 12.0 Å². The molecule has 0 amide bonds. The monoisotopic (exact) mass is 443 g/mol. The van der Waals surface area contributed by atoms with Crippen LogP contribution < -0.4 is 0 Å². The number of rotatable bonds is 5. The molecule has 4 rings (SSSR count). The average Bonchev–Trinajstić information content (AvgIpc) is 2.98. The van der Waals surface area contributed by atoms with Gasteiger partial charge in [-0.25, -0.2) is 8.78 Å². The molecule has 3 fully saturated rings. The number of hydrogen-bond acceptors (Lipinski definition) is 2. The topological polar surface area (TPSA) is 26.3 Å². The van der Waals surface area contributed by atoms with Crippen molar-refractivity contribution in [3.63, 3.8) is 0 Å². The molecule has 0 N–H and O–H groups in total. The molecule has 2 saturated heterocycles. The van der Waals surface area contributed by atoms with Gasteiger partial charge in [0.05, 0.1) is 5.41 Å². The van der Waals surface area contributed by atoms with E-state index in [0.717, 1.165) is 48.1 Å². The van der Waals surface area contributed by atoms with E-state index in [1.54, 1.807) is 0 Å². The molecule has 162 valence electrons. The van der Waals surface area contributed by atoms with Crippen LogP contribution in [-0.4, -0.2) is 46.5 Å². The second kappa shape index (κ2) is 7.96. The first-order valence-corrected chi connectivity index (χ1v) is 12.7. The predicted octanol–water partition coefficient (Wildman–Crippen LogP) is 5.66. The largest absolute Gasteiger partial charge is 0.616 e. The van der Waals surface area contributed by atoms with Gasteiger partial charge in [0.15, 0.2) is 0 Å². The fraction of sp³-hybridized carbons (Fsp3) is 0.739. The molecule has 3 aliphatic rings. The van der Waals surface area contributed by atoms with Crippen molar-refractivity contribution in [3.05, 3.63) is 34.3 Å². The van der Waals surface area contributed by atoms with E-state index in [1.807, 2.05) is 6.07 Å². The Labute approximate surface area is 181 Å². The fourth-order valence-corrected chi connectivity index (χ4v) is 7.73. The van der Waals surface area contributed by atoms with Crippen molar-refractivity contribution < 1.29 is 13.3 Å². The first-order valence-electron chi connectivity index (χ1n) is 10.8. The highest BCUT2D eigenvalue weighted by Crippen LogP contribution is 2.44. The minimum Gasteiger partial charge on any atom is -0.616 e. The second-order valence-corrected chi connectivity index (χ2v) is 12.4. The molecule has 1 aromatic rings. The van der Waals surface area contributed by atoms with Crippen molar-refractivity contribution in [3.8, 4) is 0 Å². The summed E-state index contributed by atoms with van der Waals surface area (Å²) >= 11 is 6.00. The third-order valence-electron chi connectivity index (χ3n) is 7.01. The lowest BCUT2D eigenvalue weighted by molar-refractivity contribution is -0.0382. The Morgan fingerprint density at radius 2 is 1.90 bits per heavy atom. The van der Waals surface area contributed by atoms with Gasteiger partial charge in [0, 0.05) is 31.0 Å². The lowest BCUT2D eigenvalue weighted by Gasteiger charge is -2.39. The van der Waals surface area contributed by atoms with Crippen LogP contribution in [0.2, 0.25) is 5.02 Å². The molecule has 2 nitrogen and oxygen atoms in total. The quantitative estimate of drug-likeness (QED) is 0.549. The molecule has 2 heterocycles. The van der Waals surface area contributed by atoms with Gasteiger partial charge in [0.2, 0.25) is 5.92 Å². The molecular formula is C23H32ClF2NOS. The minimum atomic E-state index is -2.50. The van der Waals surface area contributed by atoms with Gasteiger partial charge in [0.1, 0.15) is 11.5 Å². The summed E-state index contributed by atoms with van der Waals surface area (Å²) in [6.07, 6.45) is 3.07. The van der Waals surface area contributed by atoms with Gasteiger partial charge in [-0.1, -0.05) is 48.8 Å².